The van der Waals surface area contributed by atoms with Crippen LogP contribution in [-0.2, 0) is 0 Å². The maximum absolute atomic E-state index is 5.44. The molecule has 0 aliphatic rings. The fraction of sp³-hybridized carbons (Fsp3) is 0. The maximum Gasteiger partial charge on any atom is 0.145 e. The number of rotatable bonds is 6. The van der Waals surface area contributed by atoms with Crippen molar-refractivity contribution in [2.24, 2.45) is 0 Å². The zero-order chi connectivity index (χ0) is 37.7. The highest BCUT2D eigenvalue weighted by Gasteiger charge is 2.22. The molecule has 0 atom stereocenters. The van der Waals surface area contributed by atoms with Crippen LogP contribution in [0.2, 0.25) is 0 Å². The van der Waals surface area contributed by atoms with Crippen molar-refractivity contribution in [3.05, 3.63) is 200 Å². The normalized spacial score (nSPS) is 11.5. The molecule has 0 spiro atoms. The first-order valence-electron chi connectivity index (χ1n) is 19.1. The van der Waals surface area contributed by atoms with Crippen molar-refractivity contribution < 1.29 is 0 Å². The summed E-state index contributed by atoms with van der Waals surface area (Å²) in [5.74, 6) is 0.846. The molecule has 11 rings (SSSR count). The molecule has 4 aromatic heterocycles. The van der Waals surface area contributed by atoms with Crippen LogP contribution in [0.5, 0.6) is 0 Å². The Morgan fingerprint density at radius 2 is 0.947 bits per heavy atom. The van der Waals surface area contributed by atoms with E-state index >= 15 is 0 Å². The average molecular weight is 728 g/mol. The van der Waals surface area contributed by atoms with Gasteiger partial charge in [-0.3, -0.25) is 9.55 Å². The number of fused-ring (bicyclic) bond motifs is 6. The molecule has 0 saturated heterocycles. The minimum absolute atomic E-state index is 0.846. The van der Waals surface area contributed by atoms with E-state index in [9.17, 15) is 0 Å². The molecule has 0 aliphatic carbocycles. The molecule has 0 unspecified atom stereocenters. The van der Waals surface area contributed by atoms with Crippen molar-refractivity contribution in [2.45, 2.75) is 0 Å². The predicted octanol–water partition coefficient (Wildman–Crippen LogP) is 13.0. The van der Waals surface area contributed by atoms with Gasteiger partial charge in [0.25, 0.3) is 0 Å². The van der Waals surface area contributed by atoms with Gasteiger partial charge in [-0.1, -0.05) is 164 Å². The molecule has 266 valence electrons. The molecule has 5 heteroatoms. The van der Waals surface area contributed by atoms with Crippen LogP contribution in [0.1, 0.15) is 0 Å². The molecule has 57 heavy (non-hydrogen) atoms. The summed E-state index contributed by atoms with van der Waals surface area (Å²) in [5, 5.41) is 3.16. The van der Waals surface area contributed by atoms with Gasteiger partial charge in [-0.25, -0.2) is 15.0 Å². The minimum atomic E-state index is 0.846. The molecule has 0 amide bonds. The molecule has 7 aromatic carbocycles. The van der Waals surface area contributed by atoms with E-state index in [0.29, 0.717) is 0 Å². The Balaban J connectivity index is 1.12. The highest BCUT2D eigenvalue weighted by molar-refractivity contribution is 6.13. The third-order valence-electron chi connectivity index (χ3n) is 10.9. The predicted molar refractivity (Wildman–Crippen MR) is 234 cm³/mol. The number of hydrogen-bond acceptors (Lipinski definition) is 4. The molecule has 0 fully saturated rings. The number of benzene rings is 7. The third kappa shape index (κ3) is 5.56. The van der Waals surface area contributed by atoms with Crippen molar-refractivity contribution in [2.75, 3.05) is 0 Å². The van der Waals surface area contributed by atoms with Crippen molar-refractivity contribution in [1.82, 2.24) is 24.5 Å². The van der Waals surface area contributed by atoms with Crippen molar-refractivity contribution in [1.29, 1.82) is 0 Å². The van der Waals surface area contributed by atoms with Gasteiger partial charge in [-0.05, 0) is 52.6 Å². The summed E-state index contributed by atoms with van der Waals surface area (Å²) in [5.41, 5.74) is 15.0. The Bertz CT molecular complexity index is 3250. The molecular weight excluding hydrogens is 695 g/mol. The zero-order valence-electron chi connectivity index (χ0n) is 30.8. The maximum atomic E-state index is 5.44. The van der Waals surface area contributed by atoms with Gasteiger partial charge in [0.15, 0.2) is 0 Å². The molecular formula is C52H33N5. The second-order valence-electron chi connectivity index (χ2n) is 14.2. The summed E-state index contributed by atoms with van der Waals surface area (Å²) in [6, 6.07) is 67.5. The van der Waals surface area contributed by atoms with E-state index < -0.39 is 0 Å². The summed E-state index contributed by atoms with van der Waals surface area (Å²) in [6.07, 6.45) is 1.90. The highest BCUT2D eigenvalue weighted by Crippen LogP contribution is 2.40. The zero-order valence-corrected chi connectivity index (χ0v) is 30.8. The van der Waals surface area contributed by atoms with Gasteiger partial charge in [0.05, 0.1) is 27.9 Å². The third-order valence-corrected chi connectivity index (χ3v) is 10.9. The Hall–Kier alpha value is -7.76. The Kier molecular flexibility index (Phi) is 7.74. The van der Waals surface area contributed by atoms with E-state index in [1.807, 2.05) is 30.5 Å². The largest absolute Gasteiger partial charge is 0.290 e. The van der Waals surface area contributed by atoms with E-state index in [1.165, 1.54) is 0 Å². The molecule has 5 nitrogen and oxygen atoms in total. The minimum Gasteiger partial charge on any atom is -0.290 e. The summed E-state index contributed by atoms with van der Waals surface area (Å²) in [6.45, 7) is 0. The summed E-state index contributed by atoms with van der Waals surface area (Å²) in [7, 11) is 0. The van der Waals surface area contributed by atoms with Crippen molar-refractivity contribution in [3.8, 4) is 61.8 Å². The van der Waals surface area contributed by atoms with Gasteiger partial charge < -0.3 is 0 Å². The Morgan fingerprint density at radius 3 is 1.65 bits per heavy atom. The van der Waals surface area contributed by atoms with Crippen molar-refractivity contribution >= 4 is 43.7 Å². The molecule has 4 heterocycles. The first-order valence-corrected chi connectivity index (χ1v) is 19.1. The average Bonchev–Trinajstić information content (AvgIpc) is 3.70. The second-order valence-corrected chi connectivity index (χ2v) is 14.2. The summed E-state index contributed by atoms with van der Waals surface area (Å²) >= 11 is 0. The quantitative estimate of drug-likeness (QED) is 0.160. The molecule has 0 radical (unpaired) electrons. The summed E-state index contributed by atoms with van der Waals surface area (Å²) in [4.78, 5) is 21.0. The van der Waals surface area contributed by atoms with E-state index in [-0.39, 0.29) is 0 Å². The van der Waals surface area contributed by atoms with Gasteiger partial charge in [0.2, 0.25) is 0 Å². The molecule has 0 bridgehead atoms. The van der Waals surface area contributed by atoms with Crippen LogP contribution in [0, 0.1) is 0 Å². The lowest BCUT2D eigenvalue weighted by Crippen LogP contribution is -2.00. The lowest BCUT2D eigenvalue weighted by Gasteiger charge is -2.14. The summed E-state index contributed by atoms with van der Waals surface area (Å²) < 4.78 is 2.26. The standard InChI is InChI=1S/C52H33N5/c1-5-15-34(16-6-1)40-31-32-53-48-41(40)29-30-42-44(35-17-7-2-8-18-35)33-46(55-49(42)48)36-25-27-38(28-26-36)52-56-50-43-23-13-14-24-45(43)54-47(37-19-9-3-10-20-37)51(50)57(52)39-21-11-4-12-22-39/h1-33H. The van der Waals surface area contributed by atoms with E-state index in [0.717, 1.165) is 106 Å². The first kappa shape index (κ1) is 32.7. The van der Waals surface area contributed by atoms with Crippen LogP contribution in [0.4, 0.5) is 0 Å². The van der Waals surface area contributed by atoms with Crippen LogP contribution in [0.25, 0.3) is 106 Å². The van der Waals surface area contributed by atoms with Crippen LogP contribution < -0.4 is 0 Å². The van der Waals surface area contributed by atoms with Gasteiger partial charge in [0, 0.05) is 44.7 Å². The fourth-order valence-corrected chi connectivity index (χ4v) is 8.16. The Morgan fingerprint density at radius 1 is 0.368 bits per heavy atom. The number of nitrogens with zero attached hydrogens (tertiary/aromatic N) is 5. The van der Waals surface area contributed by atoms with Crippen LogP contribution in [0.15, 0.2) is 200 Å². The van der Waals surface area contributed by atoms with Gasteiger partial charge in [-0.15, -0.1) is 0 Å². The fourth-order valence-electron chi connectivity index (χ4n) is 8.16. The molecule has 11 aromatic rings. The van der Waals surface area contributed by atoms with E-state index in [1.54, 1.807) is 0 Å². The number of para-hydroxylation sites is 2. The number of imidazole rings is 1. The first-order chi connectivity index (χ1) is 28.3. The van der Waals surface area contributed by atoms with E-state index in [2.05, 4.69) is 174 Å². The van der Waals surface area contributed by atoms with Gasteiger partial charge in [0.1, 0.15) is 16.9 Å². The lowest BCUT2D eigenvalue weighted by atomic mass is 9.95. The van der Waals surface area contributed by atoms with Crippen LogP contribution >= 0.6 is 0 Å². The van der Waals surface area contributed by atoms with Crippen molar-refractivity contribution in [3.63, 3.8) is 0 Å². The van der Waals surface area contributed by atoms with Gasteiger partial charge >= 0.3 is 0 Å². The molecule has 0 aliphatic heterocycles. The smallest absolute Gasteiger partial charge is 0.145 e. The monoisotopic (exact) mass is 727 g/mol. The molecule has 0 saturated carbocycles. The highest BCUT2D eigenvalue weighted by atomic mass is 15.1. The lowest BCUT2D eigenvalue weighted by molar-refractivity contribution is 1.10. The SMILES string of the molecule is c1ccc(-c2ccnc3c2ccc2c(-c4ccccc4)cc(-c4ccc(-c5nc6c7ccccc7nc(-c7ccccc7)c6n5-c5ccccc5)cc4)nc23)cc1. The van der Waals surface area contributed by atoms with E-state index in [4.69, 9.17) is 19.9 Å². The van der Waals surface area contributed by atoms with Gasteiger partial charge in [-0.2, -0.15) is 0 Å². The topological polar surface area (TPSA) is 56.5 Å². The number of pyridine rings is 3. The second kappa shape index (κ2) is 13.5. The molecule has 0 N–H and O–H groups in total. The Labute approximate surface area is 329 Å². The number of aromatic nitrogens is 5. The number of hydrogen-bond donors (Lipinski definition) is 0. The van der Waals surface area contributed by atoms with Crippen LogP contribution in [0.3, 0.4) is 0 Å². The van der Waals surface area contributed by atoms with Crippen LogP contribution in [-0.4, -0.2) is 24.5 Å².